The predicted octanol–water partition coefficient (Wildman–Crippen LogP) is 2.59. The Balaban J connectivity index is 1.58. The third kappa shape index (κ3) is 2.60. The second kappa shape index (κ2) is 5.52. The normalized spacial score (nSPS) is 16.8. The maximum absolute atomic E-state index is 12.9. The number of hydrogen-bond donors (Lipinski definition) is 1. The topological polar surface area (TPSA) is 81.8 Å². The fraction of sp³-hybridized carbons (Fsp3) is 0.368. The summed E-state index contributed by atoms with van der Waals surface area (Å²) < 4.78 is 3.42. The summed E-state index contributed by atoms with van der Waals surface area (Å²) in [5, 5.41) is 7.57. The van der Waals surface area contributed by atoms with E-state index in [1.807, 2.05) is 22.9 Å². The first-order valence-electron chi connectivity index (χ1n) is 8.96. The molecule has 7 nitrogen and oxygen atoms in total. The fourth-order valence-electron chi connectivity index (χ4n) is 3.43. The van der Waals surface area contributed by atoms with Crippen molar-refractivity contribution in [2.24, 2.45) is 7.05 Å². The molecule has 3 aromatic heterocycles. The summed E-state index contributed by atoms with van der Waals surface area (Å²) >= 11 is 0. The maximum Gasteiger partial charge on any atom is 0.260 e. The summed E-state index contributed by atoms with van der Waals surface area (Å²) in [4.78, 5) is 29.9. The van der Waals surface area contributed by atoms with E-state index in [9.17, 15) is 9.59 Å². The van der Waals surface area contributed by atoms with Gasteiger partial charge < -0.3 is 9.88 Å². The quantitative estimate of drug-likeness (QED) is 0.785. The molecule has 0 radical (unpaired) electrons. The Morgan fingerprint density at radius 1 is 1.27 bits per heavy atom. The van der Waals surface area contributed by atoms with Crippen molar-refractivity contribution in [2.75, 3.05) is 5.32 Å². The zero-order valence-electron chi connectivity index (χ0n) is 14.5. The van der Waals surface area contributed by atoms with Crippen LogP contribution in [0.5, 0.6) is 0 Å². The van der Waals surface area contributed by atoms with Gasteiger partial charge in [0.05, 0.1) is 22.7 Å². The van der Waals surface area contributed by atoms with E-state index >= 15 is 0 Å². The molecule has 0 bridgehead atoms. The molecular weight excluding hydrogens is 330 g/mol. The van der Waals surface area contributed by atoms with Gasteiger partial charge in [-0.3, -0.25) is 14.3 Å². The van der Waals surface area contributed by atoms with Crippen LogP contribution in [0.3, 0.4) is 0 Å². The molecule has 26 heavy (non-hydrogen) atoms. The predicted molar refractivity (Wildman–Crippen MR) is 97.4 cm³/mol. The van der Waals surface area contributed by atoms with Crippen molar-refractivity contribution in [1.82, 2.24) is 19.3 Å². The number of nitrogens with one attached hydrogen (secondary N) is 1. The van der Waals surface area contributed by atoms with E-state index < -0.39 is 0 Å². The van der Waals surface area contributed by atoms with Gasteiger partial charge in [-0.15, -0.1) is 0 Å². The minimum absolute atomic E-state index is 0.0459. The molecule has 132 valence electrons. The lowest BCUT2D eigenvalue weighted by molar-refractivity contribution is 0.102. The number of carbonyl (C=O) groups excluding carboxylic acids is 1. The smallest absolute Gasteiger partial charge is 0.260 e. The highest BCUT2D eigenvalue weighted by molar-refractivity contribution is 6.04. The van der Waals surface area contributed by atoms with E-state index in [-0.39, 0.29) is 11.5 Å². The molecule has 0 spiro atoms. The van der Waals surface area contributed by atoms with Crippen molar-refractivity contribution in [3.05, 3.63) is 52.2 Å². The van der Waals surface area contributed by atoms with E-state index in [0.717, 1.165) is 31.2 Å². The van der Waals surface area contributed by atoms with Gasteiger partial charge in [0.1, 0.15) is 5.82 Å². The van der Waals surface area contributed by atoms with Crippen LogP contribution in [0.1, 0.15) is 53.6 Å². The van der Waals surface area contributed by atoms with Gasteiger partial charge in [0.25, 0.3) is 11.5 Å². The molecule has 0 atom stereocenters. The van der Waals surface area contributed by atoms with Crippen LogP contribution in [0.15, 0.2) is 35.5 Å². The fourth-order valence-corrected chi connectivity index (χ4v) is 3.43. The SMILES string of the molecule is Cn1cc(C(=O)Nc2cc(C3CC3)c3c(=O)n(C4CC4)ccc3n2)cn1. The van der Waals surface area contributed by atoms with Crippen LogP contribution in [0.25, 0.3) is 10.9 Å². The Morgan fingerprint density at radius 3 is 2.73 bits per heavy atom. The second-order valence-electron chi connectivity index (χ2n) is 7.25. The van der Waals surface area contributed by atoms with Crippen LogP contribution in [0.4, 0.5) is 5.82 Å². The van der Waals surface area contributed by atoms with Gasteiger partial charge in [0.15, 0.2) is 0 Å². The van der Waals surface area contributed by atoms with Crippen molar-refractivity contribution in [1.29, 1.82) is 0 Å². The van der Waals surface area contributed by atoms with Crippen LogP contribution in [-0.4, -0.2) is 25.2 Å². The average molecular weight is 349 g/mol. The number of aromatic nitrogens is 4. The second-order valence-corrected chi connectivity index (χ2v) is 7.25. The van der Waals surface area contributed by atoms with Gasteiger partial charge in [-0.2, -0.15) is 5.10 Å². The van der Waals surface area contributed by atoms with Crippen molar-refractivity contribution < 1.29 is 4.79 Å². The molecule has 3 aromatic rings. The van der Waals surface area contributed by atoms with Crippen molar-refractivity contribution in [3.63, 3.8) is 0 Å². The highest BCUT2D eigenvalue weighted by Crippen LogP contribution is 2.43. The first-order valence-corrected chi connectivity index (χ1v) is 8.96. The third-order valence-electron chi connectivity index (χ3n) is 5.09. The monoisotopic (exact) mass is 349 g/mol. The number of rotatable bonds is 4. The lowest BCUT2D eigenvalue weighted by Gasteiger charge is -2.11. The lowest BCUT2D eigenvalue weighted by Crippen LogP contribution is -2.20. The minimum Gasteiger partial charge on any atom is -0.312 e. The highest BCUT2D eigenvalue weighted by atomic mass is 16.1. The van der Waals surface area contributed by atoms with Crippen LogP contribution < -0.4 is 10.9 Å². The Morgan fingerprint density at radius 2 is 2.08 bits per heavy atom. The number of aryl methyl sites for hydroxylation is 1. The molecule has 2 aliphatic carbocycles. The minimum atomic E-state index is -0.252. The number of hydrogen-bond acceptors (Lipinski definition) is 4. The van der Waals surface area contributed by atoms with E-state index in [1.54, 1.807) is 17.9 Å². The maximum atomic E-state index is 12.9. The Kier molecular flexibility index (Phi) is 3.25. The van der Waals surface area contributed by atoms with Crippen LogP contribution in [-0.2, 0) is 7.05 Å². The van der Waals surface area contributed by atoms with E-state index in [0.29, 0.717) is 34.2 Å². The number of pyridine rings is 2. The summed E-state index contributed by atoms with van der Waals surface area (Å²) in [6, 6.07) is 4.09. The number of carbonyl (C=O) groups is 1. The molecule has 0 saturated heterocycles. The van der Waals surface area contributed by atoms with Gasteiger partial charge in [-0.05, 0) is 49.3 Å². The number of fused-ring (bicyclic) bond motifs is 1. The van der Waals surface area contributed by atoms with Crippen LogP contribution >= 0.6 is 0 Å². The standard InChI is InChI=1S/C19H19N5O2/c1-23-10-12(9-20-23)18(25)22-16-8-14(11-2-3-11)17-15(21-16)6-7-24(19(17)26)13-4-5-13/h6-11,13H,2-5H2,1H3,(H,21,22,25). The zero-order chi connectivity index (χ0) is 17.8. The molecular formula is C19H19N5O2. The summed E-state index contributed by atoms with van der Waals surface area (Å²) in [6.07, 6.45) is 9.30. The van der Waals surface area contributed by atoms with Crippen LogP contribution in [0, 0.1) is 0 Å². The van der Waals surface area contributed by atoms with Gasteiger partial charge in [-0.1, -0.05) is 0 Å². The zero-order valence-corrected chi connectivity index (χ0v) is 14.5. The van der Waals surface area contributed by atoms with E-state index in [1.165, 1.54) is 6.20 Å². The summed E-state index contributed by atoms with van der Waals surface area (Å²) in [5.41, 5.74) is 2.19. The third-order valence-corrected chi connectivity index (χ3v) is 5.09. The average Bonchev–Trinajstić information content (AvgIpc) is 3.53. The van der Waals surface area contributed by atoms with Gasteiger partial charge in [0, 0.05) is 25.5 Å². The van der Waals surface area contributed by atoms with Crippen LogP contribution in [0.2, 0.25) is 0 Å². The molecule has 7 heteroatoms. The van der Waals surface area contributed by atoms with Gasteiger partial charge in [0.2, 0.25) is 0 Å². The molecule has 2 saturated carbocycles. The summed E-state index contributed by atoms with van der Waals surface area (Å²) in [5.74, 6) is 0.618. The van der Waals surface area contributed by atoms with Gasteiger partial charge in [-0.25, -0.2) is 4.98 Å². The molecule has 2 aliphatic rings. The number of anilines is 1. The molecule has 0 unspecified atom stereocenters. The molecule has 1 N–H and O–H groups in total. The summed E-state index contributed by atoms with van der Waals surface area (Å²) in [6.45, 7) is 0. The van der Waals surface area contributed by atoms with Crippen molar-refractivity contribution in [3.8, 4) is 0 Å². The highest BCUT2D eigenvalue weighted by Gasteiger charge is 2.30. The molecule has 3 heterocycles. The molecule has 0 aliphatic heterocycles. The molecule has 0 aromatic carbocycles. The number of amides is 1. The van der Waals surface area contributed by atoms with Crippen molar-refractivity contribution >= 4 is 22.6 Å². The van der Waals surface area contributed by atoms with Crippen molar-refractivity contribution in [2.45, 2.75) is 37.6 Å². The molecule has 2 fully saturated rings. The first-order chi connectivity index (χ1) is 12.6. The van der Waals surface area contributed by atoms with E-state index in [4.69, 9.17) is 0 Å². The van der Waals surface area contributed by atoms with E-state index in [2.05, 4.69) is 15.4 Å². The Bertz CT molecular complexity index is 1090. The molecule has 1 amide bonds. The summed E-state index contributed by atoms with van der Waals surface area (Å²) in [7, 11) is 1.77. The number of nitrogens with zero attached hydrogens (tertiary/aromatic N) is 4. The lowest BCUT2D eigenvalue weighted by atomic mass is 10.1. The molecule has 5 rings (SSSR count). The van der Waals surface area contributed by atoms with Gasteiger partial charge >= 0.3 is 0 Å². The Hall–Kier alpha value is -2.96. The first kappa shape index (κ1) is 15.3. The largest absolute Gasteiger partial charge is 0.312 e. The Labute approximate surface area is 149 Å².